The Kier molecular flexibility index (Phi) is 7.19. The lowest BCUT2D eigenvalue weighted by atomic mass is 9.55. The van der Waals surface area contributed by atoms with E-state index in [4.69, 9.17) is 4.65 Å². The van der Waals surface area contributed by atoms with Gasteiger partial charge >= 0.3 is 6.92 Å². The molecule has 0 aliphatic heterocycles. The van der Waals surface area contributed by atoms with E-state index in [0.29, 0.717) is 17.8 Å². The monoisotopic (exact) mass is 441 g/mol. The lowest BCUT2D eigenvalue weighted by Gasteiger charge is -2.46. The number of rotatable bonds is 7. The molecular formula is C28H48BNO2. The lowest BCUT2D eigenvalue weighted by Crippen LogP contribution is -2.48. The molecule has 0 aromatic heterocycles. The maximum atomic E-state index is 11.1. The smallest absolute Gasteiger partial charge is 0.330 e. The average Bonchev–Trinajstić information content (AvgIpc) is 3.51. The minimum Gasteiger partial charge on any atom is -0.425 e. The fourth-order valence-corrected chi connectivity index (χ4v) is 4.75. The summed E-state index contributed by atoms with van der Waals surface area (Å²) < 4.78 is 6.73. The molecule has 3 nitrogen and oxygen atoms in total. The second-order valence-corrected chi connectivity index (χ2v) is 13.3. The van der Waals surface area contributed by atoms with Crippen LogP contribution >= 0.6 is 0 Å². The van der Waals surface area contributed by atoms with Crippen molar-refractivity contribution >= 4 is 18.1 Å². The summed E-state index contributed by atoms with van der Waals surface area (Å²) >= 11 is 0. The Labute approximate surface area is 198 Å². The fraction of sp³-hybridized carbons (Fsp3) is 0.786. The molecule has 0 bridgehead atoms. The standard InChI is InChI=1S/C28H48BNO2/c1-25(2,3)27(7,8)32-29(21-12-13-21)22-14-18-24(19-15-22)30-23-16-10-20(11-17-23)28(9,31)26(4,5)6/h14-15,18-21,23,30-31H,10-13,16-17H2,1-9H3/t20?,23?,28-/m0/s1. The molecule has 180 valence electrons. The van der Waals surface area contributed by atoms with Crippen LogP contribution in [0.4, 0.5) is 5.69 Å². The van der Waals surface area contributed by atoms with E-state index < -0.39 is 5.60 Å². The number of nitrogens with one attached hydrogen (secondary N) is 1. The molecule has 2 saturated carbocycles. The molecule has 0 unspecified atom stereocenters. The summed E-state index contributed by atoms with van der Waals surface area (Å²) in [6, 6.07) is 9.48. The second-order valence-electron chi connectivity index (χ2n) is 13.3. The molecule has 32 heavy (non-hydrogen) atoms. The highest BCUT2D eigenvalue weighted by molar-refractivity contribution is 6.69. The van der Waals surface area contributed by atoms with Crippen molar-refractivity contribution in [1.82, 2.24) is 0 Å². The molecule has 2 aliphatic carbocycles. The maximum Gasteiger partial charge on any atom is 0.330 e. The Morgan fingerprint density at radius 2 is 1.31 bits per heavy atom. The summed E-state index contributed by atoms with van der Waals surface area (Å²) in [7, 11) is 0. The van der Waals surface area contributed by atoms with E-state index >= 15 is 0 Å². The zero-order chi connectivity index (χ0) is 23.9. The SMILES string of the molecule is CC(C)(C)C(C)(C)OB(c1ccc(NC2CCC([C@](C)(O)C(C)(C)C)CC2)cc1)C1CC1. The van der Waals surface area contributed by atoms with E-state index in [9.17, 15) is 5.11 Å². The summed E-state index contributed by atoms with van der Waals surface area (Å²) in [6.45, 7) is 19.9. The van der Waals surface area contributed by atoms with Crippen LogP contribution in [-0.4, -0.2) is 29.3 Å². The number of hydrogen-bond donors (Lipinski definition) is 2. The van der Waals surface area contributed by atoms with Crippen molar-refractivity contribution in [2.75, 3.05) is 5.32 Å². The van der Waals surface area contributed by atoms with Gasteiger partial charge in [-0.15, -0.1) is 0 Å². The highest BCUT2D eigenvalue weighted by Gasteiger charge is 2.45. The molecule has 1 aromatic carbocycles. The van der Waals surface area contributed by atoms with Crippen molar-refractivity contribution in [3.63, 3.8) is 0 Å². The van der Waals surface area contributed by atoms with Gasteiger partial charge in [0.25, 0.3) is 0 Å². The van der Waals surface area contributed by atoms with Gasteiger partial charge in [0, 0.05) is 11.7 Å². The molecule has 0 saturated heterocycles. The molecule has 2 N–H and O–H groups in total. The minimum atomic E-state index is -0.613. The predicted molar refractivity (Wildman–Crippen MR) is 139 cm³/mol. The molecule has 0 radical (unpaired) electrons. The fourth-order valence-electron chi connectivity index (χ4n) is 4.75. The third-order valence-corrected chi connectivity index (χ3v) is 8.93. The normalized spacial score (nSPS) is 24.7. The largest absolute Gasteiger partial charge is 0.425 e. The Bertz CT molecular complexity index is 745. The molecule has 3 rings (SSSR count). The van der Waals surface area contributed by atoms with Crippen LogP contribution in [0.2, 0.25) is 5.82 Å². The first-order valence-electron chi connectivity index (χ1n) is 12.9. The van der Waals surface area contributed by atoms with Crippen LogP contribution in [0, 0.1) is 16.7 Å². The van der Waals surface area contributed by atoms with E-state index in [1.165, 1.54) is 24.0 Å². The third-order valence-electron chi connectivity index (χ3n) is 8.93. The van der Waals surface area contributed by atoms with Crippen LogP contribution in [0.15, 0.2) is 24.3 Å². The molecule has 2 fully saturated rings. The predicted octanol–water partition coefficient (Wildman–Crippen LogP) is 6.66. The van der Waals surface area contributed by atoms with Gasteiger partial charge in [0.15, 0.2) is 0 Å². The maximum absolute atomic E-state index is 11.1. The molecule has 1 atom stereocenters. The molecule has 0 spiro atoms. The van der Waals surface area contributed by atoms with Gasteiger partial charge < -0.3 is 15.1 Å². The van der Waals surface area contributed by atoms with Gasteiger partial charge in [0.1, 0.15) is 0 Å². The number of anilines is 1. The number of aliphatic hydroxyl groups is 1. The Morgan fingerprint density at radius 1 is 0.781 bits per heavy atom. The van der Waals surface area contributed by atoms with Crippen LogP contribution in [0.3, 0.4) is 0 Å². The Morgan fingerprint density at radius 3 is 1.75 bits per heavy atom. The number of hydrogen-bond acceptors (Lipinski definition) is 3. The highest BCUT2D eigenvalue weighted by Crippen LogP contribution is 2.44. The topological polar surface area (TPSA) is 41.5 Å². The van der Waals surface area contributed by atoms with E-state index in [2.05, 4.69) is 85.0 Å². The van der Waals surface area contributed by atoms with Gasteiger partial charge in [-0.2, -0.15) is 0 Å². The zero-order valence-electron chi connectivity index (χ0n) is 22.2. The van der Waals surface area contributed by atoms with E-state index in [1.54, 1.807) is 0 Å². The van der Waals surface area contributed by atoms with Crippen molar-refractivity contribution < 1.29 is 9.76 Å². The lowest BCUT2D eigenvalue weighted by molar-refractivity contribution is -0.0995. The second kappa shape index (κ2) is 8.98. The van der Waals surface area contributed by atoms with Gasteiger partial charge in [-0.1, -0.05) is 66.5 Å². The van der Waals surface area contributed by atoms with Crippen LogP contribution in [0.1, 0.15) is 101 Å². The quantitative estimate of drug-likeness (QED) is 0.465. The van der Waals surface area contributed by atoms with Gasteiger partial charge in [-0.05, 0) is 86.6 Å². The van der Waals surface area contributed by atoms with E-state index in [1.807, 2.05) is 6.92 Å². The first-order chi connectivity index (χ1) is 14.6. The molecule has 1 aromatic rings. The van der Waals surface area contributed by atoms with Crippen molar-refractivity contribution in [2.24, 2.45) is 16.7 Å². The summed E-state index contributed by atoms with van der Waals surface area (Å²) in [4.78, 5) is 0. The van der Waals surface area contributed by atoms with Crippen LogP contribution in [0.25, 0.3) is 0 Å². The van der Waals surface area contributed by atoms with Crippen molar-refractivity contribution in [3.8, 4) is 0 Å². The van der Waals surface area contributed by atoms with Gasteiger partial charge in [0.05, 0.1) is 11.2 Å². The van der Waals surface area contributed by atoms with Crippen molar-refractivity contribution in [1.29, 1.82) is 0 Å². The number of benzene rings is 1. The van der Waals surface area contributed by atoms with Gasteiger partial charge in [-0.3, -0.25) is 0 Å². The van der Waals surface area contributed by atoms with Crippen LogP contribution in [-0.2, 0) is 4.65 Å². The summed E-state index contributed by atoms with van der Waals surface area (Å²) in [6.07, 6.45) is 6.94. The minimum absolute atomic E-state index is 0.0878. The van der Waals surface area contributed by atoms with Crippen LogP contribution < -0.4 is 10.8 Å². The average molecular weight is 442 g/mol. The molecule has 0 amide bonds. The van der Waals surface area contributed by atoms with Crippen molar-refractivity contribution in [2.45, 2.75) is 124 Å². The first kappa shape index (κ1) is 25.6. The molecule has 0 heterocycles. The highest BCUT2D eigenvalue weighted by atomic mass is 16.5. The molecule has 2 aliphatic rings. The molecule has 4 heteroatoms. The summed E-state index contributed by atoms with van der Waals surface area (Å²) in [5.74, 6) is 1.03. The first-order valence-corrected chi connectivity index (χ1v) is 12.9. The van der Waals surface area contributed by atoms with E-state index in [0.717, 1.165) is 25.7 Å². The van der Waals surface area contributed by atoms with Crippen molar-refractivity contribution in [3.05, 3.63) is 24.3 Å². The molecular weight excluding hydrogens is 393 g/mol. The summed E-state index contributed by atoms with van der Waals surface area (Å²) in [5.41, 5.74) is 1.72. The van der Waals surface area contributed by atoms with Gasteiger partial charge in [-0.25, -0.2) is 0 Å². The van der Waals surface area contributed by atoms with Gasteiger partial charge in [0.2, 0.25) is 0 Å². The Balaban J connectivity index is 1.59. The zero-order valence-corrected chi connectivity index (χ0v) is 22.2. The van der Waals surface area contributed by atoms with Crippen LogP contribution in [0.5, 0.6) is 0 Å². The summed E-state index contributed by atoms with van der Waals surface area (Å²) in [5, 5.41) is 14.8. The third kappa shape index (κ3) is 5.73. The van der Waals surface area contributed by atoms with E-state index in [-0.39, 0.29) is 23.3 Å². The Hall–Kier alpha value is -0.995.